The Morgan fingerprint density at radius 1 is 1.12 bits per heavy atom. The van der Waals surface area contributed by atoms with Gasteiger partial charge in [-0.25, -0.2) is 9.59 Å². The molecule has 0 radical (unpaired) electrons. The number of aromatic nitrogens is 5. The van der Waals surface area contributed by atoms with E-state index in [1.807, 2.05) is 6.92 Å². The average molecular weight is 606 g/mol. The molecule has 2 aromatic rings. The van der Waals surface area contributed by atoms with E-state index in [4.69, 9.17) is 15.9 Å². The van der Waals surface area contributed by atoms with E-state index in [1.165, 1.54) is 4.68 Å². The Bertz CT molecular complexity index is 1460. The van der Waals surface area contributed by atoms with Crippen LogP contribution in [0.1, 0.15) is 81.6 Å². The van der Waals surface area contributed by atoms with Crippen molar-refractivity contribution >= 4 is 13.9 Å². The number of hydrogen-bond acceptors (Lipinski definition) is 8. The van der Waals surface area contributed by atoms with Crippen molar-refractivity contribution < 1.29 is 14.9 Å². The van der Waals surface area contributed by atoms with Gasteiger partial charge in [-0.15, -0.1) is 0 Å². The molecule has 2 saturated carbocycles. The van der Waals surface area contributed by atoms with Gasteiger partial charge >= 0.3 is 11.4 Å². The molecule has 2 heterocycles. The van der Waals surface area contributed by atoms with Crippen molar-refractivity contribution in [3.8, 4) is 5.88 Å². The molecule has 2 aromatic heterocycles. The summed E-state index contributed by atoms with van der Waals surface area (Å²) in [5.74, 6) is -0.222. The second-order valence-electron chi connectivity index (χ2n) is 13.3. The van der Waals surface area contributed by atoms with Crippen LogP contribution >= 0.6 is 0 Å². The van der Waals surface area contributed by atoms with Crippen molar-refractivity contribution in [1.82, 2.24) is 23.5 Å². The zero-order valence-corrected chi connectivity index (χ0v) is 26.4. The fourth-order valence-corrected chi connectivity index (χ4v) is 6.53. The number of nitrogens with two attached hydrogens (primary N) is 1. The molecular weight excluding hydrogens is 558 g/mol. The van der Waals surface area contributed by atoms with Crippen LogP contribution in [0.5, 0.6) is 5.88 Å². The first kappa shape index (κ1) is 32.0. The second-order valence-corrected chi connectivity index (χ2v) is 18.9. The summed E-state index contributed by atoms with van der Waals surface area (Å²) in [6, 6.07) is 0.507. The molecule has 2 fully saturated rings. The molecule has 0 aromatic carbocycles. The van der Waals surface area contributed by atoms with Crippen LogP contribution in [0.3, 0.4) is 0 Å². The number of amidine groups is 1. The number of aromatic hydroxyl groups is 1. The highest BCUT2D eigenvalue weighted by atomic mass is 28.3. The molecule has 2 aliphatic carbocycles. The van der Waals surface area contributed by atoms with Crippen LogP contribution in [0.25, 0.3) is 0 Å². The maximum absolute atomic E-state index is 13.4. The summed E-state index contributed by atoms with van der Waals surface area (Å²) < 4.78 is 11.1. The first-order valence-corrected chi connectivity index (χ1v) is 18.8. The van der Waals surface area contributed by atoms with Gasteiger partial charge in [0, 0.05) is 45.1 Å². The van der Waals surface area contributed by atoms with Gasteiger partial charge in [0.25, 0.3) is 5.56 Å². The largest absolute Gasteiger partial charge is 0.494 e. The minimum atomic E-state index is -1.26. The number of nitrogen functional groups attached to an aromatic ring is 1. The van der Waals surface area contributed by atoms with Gasteiger partial charge in [0.05, 0.1) is 6.61 Å². The molecule has 2 aliphatic rings. The molecule has 0 amide bonds. The number of ether oxygens (including phenoxy) is 1. The van der Waals surface area contributed by atoms with Crippen LogP contribution in [0.4, 0.5) is 0 Å². The van der Waals surface area contributed by atoms with Crippen molar-refractivity contribution in [2.24, 2.45) is 11.1 Å². The third kappa shape index (κ3) is 6.81. The predicted molar refractivity (Wildman–Crippen MR) is 162 cm³/mol. The lowest BCUT2D eigenvalue weighted by Gasteiger charge is -2.39. The van der Waals surface area contributed by atoms with E-state index in [2.05, 4.69) is 24.7 Å². The van der Waals surface area contributed by atoms with Crippen LogP contribution in [0.15, 0.2) is 14.4 Å². The third-order valence-corrected chi connectivity index (χ3v) is 10.4. The summed E-state index contributed by atoms with van der Waals surface area (Å²) in [6.45, 7) is 9.78. The van der Waals surface area contributed by atoms with Crippen LogP contribution in [-0.4, -0.2) is 60.8 Å². The fourth-order valence-electron chi connectivity index (χ4n) is 5.77. The monoisotopic (exact) mass is 605 g/mol. The summed E-state index contributed by atoms with van der Waals surface area (Å²) in [5, 5.41) is 33.7. The highest BCUT2D eigenvalue weighted by Gasteiger charge is 2.40. The molecule has 42 heavy (non-hydrogen) atoms. The summed E-state index contributed by atoms with van der Waals surface area (Å²) >= 11 is 0. The van der Waals surface area contributed by atoms with E-state index in [1.54, 1.807) is 4.57 Å². The van der Waals surface area contributed by atoms with E-state index in [0.717, 1.165) is 40.3 Å². The molecule has 5 N–H and O–H groups in total. The van der Waals surface area contributed by atoms with E-state index in [9.17, 15) is 24.6 Å². The van der Waals surface area contributed by atoms with Crippen LogP contribution in [0.2, 0.25) is 25.7 Å². The highest BCUT2D eigenvalue weighted by molar-refractivity contribution is 6.76. The summed E-state index contributed by atoms with van der Waals surface area (Å²) in [4.78, 5) is 40.1. The van der Waals surface area contributed by atoms with Gasteiger partial charge < -0.3 is 20.7 Å². The molecule has 4 rings (SSSR count). The van der Waals surface area contributed by atoms with E-state index >= 15 is 0 Å². The zero-order valence-electron chi connectivity index (χ0n) is 25.4. The molecule has 0 unspecified atom stereocenters. The highest BCUT2D eigenvalue weighted by Crippen LogP contribution is 2.43. The zero-order chi connectivity index (χ0) is 30.8. The first-order chi connectivity index (χ1) is 19.8. The average Bonchev–Trinajstić information content (AvgIpc) is 3.72. The molecule has 13 nitrogen and oxygen atoms in total. The van der Waals surface area contributed by atoms with Crippen molar-refractivity contribution in [1.29, 1.82) is 5.41 Å². The lowest BCUT2D eigenvalue weighted by Crippen LogP contribution is -2.47. The lowest BCUT2D eigenvalue weighted by molar-refractivity contribution is 0.0455. The molecule has 0 saturated heterocycles. The van der Waals surface area contributed by atoms with Crippen molar-refractivity contribution in [2.45, 2.75) is 116 Å². The van der Waals surface area contributed by atoms with Gasteiger partial charge in [-0.05, 0) is 51.0 Å². The number of nitrogens with one attached hydrogen (secondary N) is 1. The maximum Gasteiger partial charge on any atom is 0.348 e. The topological polar surface area (TPSA) is 183 Å². The van der Waals surface area contributed by atoms with Crippen LogP contribution in [-0.2, 0) is 24.6 Å². The number of rotatable bonds is 14. The third-order valence-electron chi connectivity index (χ3n) is 8.67. The summed E-state index contributed by atoms with van der Waals surface area (Å²) in [7, 11) is -1.26. The van der Waals surface area contributed by atoms with Gasteiger partial charge in [0.1, 0.15) is 24.0 Å². The van der Waals surface area contributed by atoms with Gasteiger partial charge in [0.15, 0.2) is 0 Å². The smallest absolute Gasteiger partial charge is 0.348 e. The first-order valence-electron chi connectivity index (χ1n) is 15.1. The Labute approximate surface area is 246 Å². The quantitative estimate of drug-likeness (QED) is 0.109. The maximum atomic E-state index is 13.4. The van der Waals surface area contributed by atoms with Gasteiger partial charge in [-0.1, -0.05) is 33.0 Å². The minimum Gasteiger partial charge on any atom is -0.494 e. The molecule has 0 spiro atoms. The second kappa shape index (κ2) is 12.7. The normalized spacial score (nSPS) is 21.1. The standard InChI is InChI=1S/C28H47N7O6Si/c1-5-6-13-32-24(37)21(22(29)30)25(38)35(27(32)40)20-9-11-28(17-36,12-10-20)16-33-23(19-7-8-19)31-34(26(33)39)18-41-14-15-42(2,3)4/h19-20,36-37H,5-18H2,1-4H3,(H3,29,30). The number of unbranched alkanes of at least 4 members (excludes halogenated alkanes) is 1. The van der Waals surface area contributed by atoms with E-state index in [-0.39, 0.29) is 37.1 Å². The summed E-state index contributed by atoms with van der Waals surface area (Å²) in [6.07, 6.45) is 5.07. The Balaban J connectivity index is 1.56. The van der Waals surface area contributed by atoms with E-state index in [0.29, 0.717) is 45.3 Å². The van der Waals surface area contributed by atoms with Crippen LogP contribution in [0, 0.1) is 10.8 Å². The molecule has 14 heteroatoms. The molecule has 0 bridgehead atoms. The Morgan fingerprint density at radius 2 is 1.79 bits per heavy atom. The van der Waals surface area contributed by atoms with Gasteiger partial charge in [-0.2, -0.15) is 9.78 Å². The number of hydrogen-bond donors (Lipinski definition) is 4. The summed E-state index contributed by atoms with van der Waals surface area (Å²) in [5.41, 5.74) is 3.00. The number of aliphatic hydroxyl groups is 1. The Kier molecular flexibility index (Phi) is 9.67. The van der Waals surface area contributed by atoms with Gasteiger partial charge in [0.2, 0.25) is 5.88 Å². The number of aliphatic hydroxyl groups excluding tert-OH is 1. The molecule has 0 atom stereocenters. The number of nitrogens with zero attached hydrogens (tertiary/aromatic N) is 5. The molecular formula is C28H47N7O6Si. The molecule has 0 aliphatic heterocycles. The van der Waals surface area contributed by atoms with E-state index < -0.39 is 42.5 Å². The molecule has 234 valence electrons. The van der Waals surface area contributed by atoms with Crippen molar-refractivity contribution in [3.63, 3.8) is 0 Å². The van der Waals surface area contributed by atoms with Gasteiger partial charge in [-0.3, -0.25) is 23.9 Å². The van der Waals surface area contributed by atoms with Crippen molar-refractivity contribution in [3.05, 3.63) is 42.7 Å². The lowest BCUT2D eigenvalue weighted by atomic mass is 9.72. The predicted octanol–water partition coefficient (Wildman–Crippen LogP) is 2.14. The van der Waals surface area contributed by atoms with Crippen molar-refractivity contribution in [2.75, 3.05) is 13.2 Å². The SMILES string of the molecule is CCCCn1c(O)c(C(=N)N)c(=O)n(C2CCC(CO)(Cn3c(C4CC4)nn(COCC[Si](C)(C)C)c3=O)CC2)c1=O. The fraction of sp³-hybridized carbons (Fsp3) is 0.750. The Hall–Kier alpha value is -2.97. The van der Waals surface area contributed by atoms with Crippen LogP contribution < -0.4 is 22.7 Å². The Morgan fingerprint density at radius 3 is 2.33 bits per heavy atom. The minimum absolute atomic E-state index is 0.0940.